The van der Waals surface area contributed by atoms with Crippen molar-refractivity contribution in [2.75, 3.05) is 18.0 Å². The topological polar surface area (TPSA) is 68.8 Å². The number of rotatable bonds is 2. The van der Waals surface area contributed by atoms with Crippen molar-refractivity contribution < 1.29 is 0 Å². The van der Waals surface area contributed by atoms with Gasteiger partial charge in [-0.3, -0.25) is 4.79 Å². The number of hydrogen-bond donors (Lipinski definition) is 0. The van der Waals surface area contributed by atoms with Gasteiger partial charge in [0, 0.05) is 44.4 Å². The second kappa shape index (κ2) is 6.52. The first-order valence-electron chi connectivity index (χ1n) is 10.3. The van der Waals surface area contributed by atoms with Crippen molar-refractivity contribution in [2.24, 2.45) is 13.0 Å². The Bertz CT molecular complexity index is 1310. The molecule has 0 saturated carbocycles. The molecule has 0 N–H and O–H groups in total. The minimum Gasteiger partial charge on any atom is -0.340 e. The van der Waals surface area contributed by atoms with Gasteiger partial charge in [0.15, 0.2) is 5.65 Å². The van der Waals surface area contributed by atoms with Crippen molar-refractivity contribution in [2.45, 2.75) is 18.9 Å². The van der Waals surface area contributed by atoms with Crippen molar-refractivity contribution in [3.8, 4) is 11.1 Å². The van der Waals surface area contributed by atoms with Crippen LogP contribution in [0.5, 0.6) is 0 Å². The lowest BCUT2D eigenvalue weighted by Crippen LogP contribution is -2.47. The molecule has 1 aromatic carbocycles. The van der Waals surface area contributed by atoms with Crippen LogP contribution in [0, 0.1) is 5.92 Å². The number of benzene rings is 1. The summed E-state index contributed by atoms with van der Waals surface area (Å²) in [6.45, 7) is 2.44. The van der Waals surface area contributed by atoms with Gasteiger partial charge < -0.3 is 14.0 Å². The van der Waals surface area contributed by atoms with E-state index < -0.39 is 0 Å². The van der Waals surface area contributed by atoms with Crippen molar-refractivity contribution in [1.82, 2.24) is 24.1 Å². The van der Waals surface area contributed by atoms with Crippen molar-refractivity contribution in [1.29, 1.82) is 0 Å². The van der Waals surface area contributed by atoms with E-state index in [1.807, 2.05) is 34.4 Å². The molecule has 1 fully saturated rings. The molecular weight excluding hydrogens is 376 g/mol. The Morgan fingerprint density at radius 2 is 1.87 bits per heavy atom. The van der Waals surface area contributed by atoms with Crippen LogP contribution < -0.4 is 10.5 Å². The normalized spacial score (nSPS) is 20.4. The molecule has 0 aliphatic carbocycles. The standard InChI is InChI=1S/C23H22N6O/c1-27-14-25-19-10-24-23(26-22(19)27)28-11-15-7-18(13-28)20-8-17(9-21(30)29(20)12-15)16-5-3-2-4-6-16/h2-6,8-10,14-15,18H,7,11-13H2,1H3/t15-,18+/m0/s1. The molecule has 2 aliphatic heterocycles. The van der Waals surface area contributed by atoms with Crippen LogP contribution in [0.2, 0.25) is 0 Å². The number of imidazole rings is 1. The van der Waals surface area contributed by atoms with Gasteiger partial charge in [-0.25, -0.2) is 9.97 Å². The zero-order valence-electron chi connectivity index (χ0n) is 16.8. The number of pyridine rings is 1. The fraction of sp³-hybridized carbons (Fsp3) is 0.304. The average molecular weight is 398 g/mol. The molecule has 3 aromatic heterocycles. The van der Waals surface area contributed by atoms with E-state index in [0.29, 0.717) is 11.8 Å². The summed E-state index contributed by atoms with van der Waals surface area (Å²) in [4.78, 5) is 28.9. The second-order valence-electron chi connectivity index (χ2n) is 8.42. The Morgan fingerprint density at radius 3 is 2.73 bits per heavy atom. The van der Waals surface area contributed by atoms with Crippen LogP contribution >= 0.6 is 0 Å². The van der Waals surface area contributed by atoms with E-state index >= 15 is 0 Å². The molecule has 1 saturated heterocycles. The van der Waals surface area contributed by atoms with Gasteiger partial charge in [-0.1, -0.05) is 30.3 Å². The number of fused-ring (bicyclic) bond motifs is 5. The lowest BCUT2D eigenvalue weighted by molar-refractivity contribution is 0.280. The summed E-state index contributed by atoms with van der Waals surface area (Å²) in [6.07, 6.45) is 4.66. The Morgan fingerprint density at radius 1 is 1.00 bits per heavy atom. The summed E-state index contributed by atoms with van der Waals surface area (Å²) in [5.74, 6) is 1.46. The summed E-state index contributed by atoms with van der Waals surface area (Å²) in [5, 5.41) is 0. The number of nitrogens with zero attached hydrogens (tertiary/aromatic N) is 6. The zero-order valence-corrected chi connectivity index (χ0v) is 16.8. The summed E-state index contributed by atoms with van der Waals surface area (Å²) in [7, 11) is 1.95. The van der Waals surface area contributed by atoms with Crippen molar-refractivity contribution in [3.63, 3.8) is 0 Å². The van der Waals surface area contributed by atoms with E-state index in [0.717, 1.165) is 60.0 Å². The molecule has 0 unspecified atom stereocenters. The smallest absolute Gasteiger partial charge is 0.251 e. The third kappa shape index (κ3) is 2.73. The first-order valence-corrected chi connectivity index (χ1v) is 10.3. The van der Waals surface area contributed by atoms with Gasteiger partial charge >= 0.3 is 0 Å². The Balaban J connectivity index is 1.38. The summed E-state index contributed by atoms with van der Waals surface area (Å²) >= 11 is 0. The predicted molar refractivity (Wildman–Crippen MR) is 116 cm³/mol. The molecule has 0 amide bonds. The van der Waals surface area contributed by atoms with Gasteiger partial charge in [0.25, 0.3) is 5.56 Å². The maximum Gasteiger partial charge on any atom is 0.251 e. The van der Waals surface area contributed by atoms with Crippen molar-refractivity contribution in [3.05, 3.63) is 71.0 Å². The third-order valence-electron chi connectivity index (χ3n) is 6.39. The number of aryl methyl sites for hydroxylation is 1. The molecule has 30 heavy (non-hydrogen) atoms. The zero-order chi connectivity index (χ0) is 20.2. The molecule has 2 bridgehead atoms. The Labute approximate surface area is 173 Å². The summed E-state index contributed by atoms with van der Waals surface area (Å²) < 4.78 is 3.90. The first-order chi connectivity index (χ1) is 14.7. The molecule has 7 nitrogen and oxygen atoms in total. The average Bonchev–Trinajstić information content (AvgIpc) is 3.15. The molecule has 5 heterocycles. The molecule has 2 aliphatic rings. The molecular formula is C23H22N6O. The van der Waals surface area contributed by atoms with Gasteiger partial charge in [-0.05, 0) is 29.5 Å². The van der Waals surface area contributed by atoms with Crippen LogP contribution in [0.25, 0.3) is 22.3 Å². The van der Waals surface area contributed by atoms with Gasteiger partial charge in [-0.15, -0.1) is 0 Å². The lowest BCUT2D eigenvalue weighted by Gasteiger charge is -2.42. The fourth-order valence-electron chi connectivity index (χ4n) is 4.98. The van der Waals surface area contributed by atoms with E-state index in [9.17, 15) is 4.79 Å². The highest BCUT2D eigenvalue weighted by atomic mass is 16.1. The van der Waals surface area contributed by atoms with Crippen LogP contribution in [-0.4, -0.2) is 37.2 Å². The van der Waals surface area contributed by atoms with Crippen LogP contribution in [-0.2, 0) is 13.6 Å². The Kier molecular flexibility index (Phi) is 3.78. The van der Waals surface area contributed by atoms with E-state index in [1.54, 1.807) is 18.6 Å². The number of aromatic nitrogens is 5. The van der Waals surface area contributed by atoms with Crippen molar-refractivity contribution >= 4 is 17.1 Å². The lowest BCUT2D eigenvalue weighted by atomic mass is 9.82. The maximum absolute atomic E-state index is 12.9. The van der Waals surface area contributed by atoms with Crippen LogP contribution in [0.15, 0.2) is 59.8 Å². The molecule has 7 heteroatoms. The minimum atomic E-state index is 0.0991. The van der Waals surface area contributed by atoms with Gasteiger partial charge in [0.05, 0.1) is 12.5 Å². The van der Waals surface area contributed by atoms with E-state index in [-0.39, 0.29) is 5.56 Å². The monoisotopic (exact) mass is 398 g/mol. The quantitative estimate of drug-likeness (QED) is 0.519. The Hall–Kier alpha value is -3.48. The number of anilines is 1. The minimum absolute atomic E-state index is 0.0991. The molecule has 4 aromatic rings. The highest BCUT2D eigenvalue weighted by molar-refractivity contribution is 5.71. The molecule has 0 radical (unpaired) electrons. The van der Waals surface area contributed by atoms with E-state index in [1.165, 1.54) is 0 Å². The van der Waals surface area contributed by atoms with Gasteiger partial charge in [-0.2, -0.15) is 4.98 Å². The predicted octanol–water partition coefficient (Wildman–Crippen LogP) is 2.82. The number of piperidine rings is 1. The van der Waals surface area contributed by atoms with Gasteiger partial charge in [0.2, 0.25) is 5.95 Å². The highest BCUT2D eigenvalue weighted by Gasteiger charge is 2.36. The van der Waals surface area contributed by atoms with E-state index in [2.05, 4.69) is 33.1 Å². The maximum atomic E-state index is 12.9. The molecule has 6 rings (SSSR count). The molecule has 0 spiro atoms. The van der Waals surface area contributed by atoms with Crippen LogP contribution in [0.4, 0.5) is 5.95 Å². The first kappa shape index (κ1) is 17.4. The van der Waals surface area contributed by atoms with Gasteiger partial charge in [0.1, 0.15) is 5.52 Å². The summed E-state index contributed by atoms with van der Waals surface area (Å²) in [6, 6.07) is 14.1. The third-order valence-corrected chi connectivity index (χ3v) is 6.39. The second-order valence-corrected chi connectivity index (χ2v) is 8.42. The number of hydrogen-bond acceptors (Lipinski definition) is 5. The largest absolute Gasteiger partial charge is 0.340 e. The van der Waals surface area contributed by atoms with Crippen LogP contribution in [0.3, 0.4) is 0 Å². The van der Waals surface area contributed by atoms with Crippen LogP contribution in [0.1, 0.15) is 18.0 Å². The molecule has 2 atom stereocenters. The summed E-state index contributed by atoms with van der Waals surface area (Å²) in [5.41, 5.74) is 4.96. The highest BCUT2D eigenvalue weighted by Crippen LogP contribution is 2.37. The molecule has 150 valence electrons. The van der Waals surface area contributed by atoms with E-state index in [4.69, 9.17) is 4.98 Å². The SMILES string of the molecule is Cn1cnc2cnc(N3C[C@@H]4C[C@H](C3)c3cc(-c5ccccc5)cc(=O)n3C4)nc21. The fourth-order valence-corrected chi connectivity index (χ4v) is 4.98.